The van der Waals surface area contributed by atoms with Crippen LogP contribution in [0.2, 0.25) is 0 Å². The third-order valence-corrected chi connectivity index (χ3v) is 4.16. The van der Waals surface area contributed by atoms with Crippen molar-refractivity contribution in [1.29, 1.82) is 0 Å². The third kappa shape index (κ3) is 5.09. The number of likely N-dealkylation sites (tertiary alicyclic amines) is 1. The minimum atomic E-state index is -4.44. The van der Waals surface area contributed by atoms with E-state index in [1.807, 2.05) is 0 Å². The zero-order chi connectivity index (χ0) is 17.2. The molecule has 8 heteroatoms. The van der Waals surface area contributed by atoms with Crippen LogP contribution in [-0.4, -0.2) is 54.3 Å². The first-order valence-corrected chi connectivity index (χ1v) is 8.09. The molecule has 132 valence electrons. The SMILES string of the molecule is O=C(NC1CCN(CC2CC2)C1)c1cccc(OCC(F)(F)F)n1. The number of amides is 1. The van der Waals surface area contributed by atoms with Crippen LogP contribution in [0.15, 0.2) is 18.2 Å². The predicted molar refractivity (Wildman–Crippen MR) is 80.8 cm³/mol. The van der Waals surface area contributed by atoms with Crippen LogP contribution in [0.5, 0.6) is 5.88 Å². The van der Waals surface area contributed by atoms with E-state index in [0.29, 0.717) is 0 Å². The molecule has 0 aromatic carbocycles. The fraction of sp³-hybridized carbons (Fsp3) is 0.625. The number of nitrogens with one attached hydrogen (secondary N) is 1. The molecule has 1 saturated carbocycles. The molecule has 1 aliphatic heterocycles. The Labute approximate surface area is 138 Å². The molecule has 1 amide bonds. The van der Waals surface area contributed by atoms with Crippen molar-refractivity contribution < 1.29 is 22.7 Å². The standard InChI is InChI=1S/C16H20F3N3O2/c17-16(18,19)10-24-14-3-1-2-13(21-14)15(23)20-12-6-7-22(9-12)8-11-4-5-11/h1-3,11-12H,4-10H2,(H,20,23). The number of aromatic nitrogens is 1. The summed E-state index contributed by atoms with van der Waals surface area (Å²) in [7, 11) is 0. The Morgan fingerprint density at radius 2 is 2.12 bits per heavy atom. The molecule has 1 unspecified atom stereocenters. The fourth-order valence-electron chi connectivity index (χ4n) is 2.82. The van der Waals surface area contributed by atoms with Crippen molar-refractivity contribution in [2.45, 2.75) is 31.5 Å². The van der Waals surface area contributed by atoms with E-state index in [2.05, 4.69) is 19.9 Å². The van der Waals surface area contributed by atoms with Gasteiger partial charge in [-0.25, -0.2) is 4.98 Å². The van der Waals surface area contributed by atoms with Crippen molar-refractivity contribution in [3.63, 3.8) is 0 Å². The van der Waals surface area contributed by atoms with Crippen LogP contribution in [-0.2, 0) is 0 Å². The summed E-state index contributed by atoms with van der Waals surface area (Å²) in [5, 5.41) is 2.90. The van der Waals surface area contributed by atoms with Gasteiger partial charge in [0.05, 0.1) is 0 Å². The second kappa shape index (κ2) is 6.96. The average molecular weight is 343 g/mol. The lowest BCUT2D eigenvalue weighted by Gasteiger charge is -2.16. The lowest BCUT2D eigenvalue weighted by molar-refractivity contribution is -0.154. The highest BCUT2D eigenvalue weighted by Crippen LogP contribution is 2.30. The second-order valence-electron chi connectivity index (χ2n) is 6.43. The number of hydrogen-bond acceptors (Lipinski definition) is 4. The molecule has 1 aromatic heterocycles. The van der Waals surface area contributed by atoms with E-state index in [1.54, 1.807) is 0 Å². The number of halogens is 3. The number of rotatable bonds is 6. The first-order chi connectivity index (χ1) is 11.4. The van der Waals surface area contributed by atoms with Gasteiger partial charge in [-0.3, -0.25) is 4.79 Å². The summed E-state index contributed by atoms with van der Waals surface area (Å²) in [5.74, 6) is 0.219. The Morgan fingerprint density at radius 3 is 2.83 bits per heavy atom. The monoisotopic (exact) mass is 343 g/mol. The van der Waals surface area contributed by atoms with Gasteiger partial charge in [-0.15, -0.1) is 0 Å². The number of pyridine rings is 1. The van der Waals surface area contributed by atoms with E-state index in [9.17, 15) is 18.0 Å². The second-order valence-corrected chi connectivity index (χ2v) is 6.43. The van der Waals surface area contributed by atoms with Crippen molar-refractivity contribution in [2.75, 3.05) is 26.2 Å². The summed E-state index contributed by atoms with van der Waals surface area (Å²) in [6.07, 6.45) is -0.970. The maximum atomic E-state index is 12.2. The van der Waals surface area contributed by atoms with Gasteiger partial charge in [-0.2, -0.15) is 13.2 Å². The van der Waals surface area contributed by atoms with Crippen LogP contribution < -0.4 is 10.1 Å². The molecule has 1 aliphatic carbocycles. The van der Waals surface area contributed by atoms with Crippen LogP contribution in [0, 0.1) is 5.92 Å². The first-order valence-electron chi connectivity index (χ1n) is 8.09. The Balaban J connectivity index is 1.51. The number of hydrogen-bond donors (Lipinski definition) is 1. The maximum absolute atomic E-state index is 12.2. The average Bonchev–Trinajstić information content (AvgIpc) is 3.23. The van der Waals surface area contributed by atoms with Gasteiger partial charge >= 0.3 is 6.18 Å². The van der Waals surface area contributed by atoms with Gasteiger partial charge in [0.15, 0.2) is 6.61 Å². The first kappa shape index (κ1) is 17.0. The van der Waals surface area contributed by atoms with E-state index in [4.69, 9.17) is 0 Å². The summed E-state index contributed by atoms with van der Waals surface area (Å²) in [4.78, 5) is 18.4. The molecule has 1 N–H and O–H groups in total. The Kier molecular flexibility index (Phi) is 4.93. The fourth-order valence-corrected chi connectivity index (χ4v) is 2.82. The lowest BCUT2D eigenvalue weighted by atomic mass is 10.2. The van der Waals surface area contributed by atoms with Crippen LogP contribution in [0.3, 0.4) is 0 Å². The number of carbonyl (C=O) groups is 1. The van der Waals surface area contributed by atoms with Gasteiger partial charge in [0, 0.05) is 31.7 Å². The summed E-state index contributed by atoms with van der Waals surface area (Å²) >= 11 is 0. The van der Waals surface area contributed by atoms with Gasteiger partial charge < -0.3 is 15.0 Å². The van der Waals surface area contributed by atoms with Gasteiger partial charge in [0.2, 0.25) is 5.88 Å². The van der Waals surface area contributed by atoms with E-state index in [-0.39, 0.29) is 23.5 Å². The van der Waals surface area contributed by atoms with E-state index in [0.717, 1.165) is 32.0 Å². The number of nitrogens with zero attached hydrogens (tertiary/aromatic N) is 2. The minimum Gasteiger partial charge on any atom is -0.468 e. The highest BCUT2D eigenvalue weighted by molar-refractivity contribution is 5.92. The van der Waals surface area contributed by atoms with Crippen LogP contribution in [0.1, 0.15) is 29.8 Å². The highest BCUT2D eigenvalue weighted by atomic mass is 19.4. The van der Waals surface area contributed by atoms with E-state index in [1.165, 1.54) is 31.0 Å². The molecule has 1 aromatic rings. The smallest absolute Gasteiger partial charge is 0.422 e. The molecule has 1 atom stereocenters. The van der Waals surface area contributed by atoms with Crippen molar-refractivity contribution in [3.8, 4) is 5.88 Å². The van der Waals surface area contributed by atoms with Crippen molar-refractivity contribution in [1.82, 2.24) is 15.2 Å². The molecule has 0 radical (unpaired) electrons. The van der Waals surface area contributed by atoms with E-state index >= 15 is 0 Å². The summed E-state index contributed by atoms with van der Waals surface area (Å²) in [6.45, 7) is 1.44. The van der Waals surface area contributed by atoms with Crippen molar-refractivity contribution in [2.24, 2.45) is 5.92 Å². The quantitative estimate of drug-likeness (QED) is 0.861. The Hall–Kier alpha value is -1.83. The molecule has 24 heavy (non-hydrogen) atoms. The molecule has 3 rings (SSSR count). The molecule has 2 heterocycles. The molecule has 2 aliphatic rings. The summed E-state index contributed by atoms with van der Waals surface area (Å²) < 4.78 is 41.1. The molecular formula is C16H20F3N3O2. The molecule has 0 spiro atoms. The molecular weight excluding hydrogens is 323 g/mol. The van der Waals surface area contributed by atoms with Gasteiger partial charge in [0.25, 0.3) is 5.91 Å². The van der Waals surface area contributed by atoms with Crippen LogP contribution in [0.4, 0.5) is 13.2 Å². The van der Waals surface area contributed by atoms with Crippen LogP contribution >= 0.6 is 0 Å². The van der Waals surface area contributed by atoms with Gasteiger partial charge in [0.1, 0.15) is 5.69 Å². The molecule has 1 saturated heterocycles. The predicted octanol–water partition coefficient (Wildman–Crippen LogP) is 2.24. The highest BCUT2D eigenvalue weighted by Gasteiger charge is 2.30. The number of ether oxygens (including phenoxy) is 1. The summed E-state index contributed by atoms with van der Waals surface area (Å²) in [6, 6.07) is 4.28. The van der Waals surface area contributed by atoms with E-state index < -0.39 is 12.8 Å². The van der Waals surface area contributed by atoms with Crippen molar-refractivity contribution >= 4 is 5.91 Å². The normalized spacial score (nSPS) is 21.7. The summed E-state index contributed by atoms with van der Waals surface area (Å²) in [5.41, 5.74) is 0.0651. The Bertz CT molecular complexity index is 590. The lowest BCUT2D eigenvalue weighted by Crippen LogP contribution is -2.37. The zero-order valence-corrected chi connectivity index (χ0v) is 13.2. The Morgan fingerprint density at radius 1 is 1.33 bits per heavy atom. The minimum absolute atomic E-state index is 0.0535. The van der Waals surface area contributed by atoms with Crippen molar-refractivity contribution in [3.05, 3.63) is 23.9 Å². The van der Waals surface area contributed by atoms with Gasteiger partial charge in [-0.1, -0.05) is 6.07 Å². The maximum Gasteiger partial charge on any atom is 0.422 e. The van der Waals surface area contributed by atoms with Crippen LogP contribution in [0.25, 0.3) is 0 Å². The number of alkyl halides is 3. The molecule has 2 fully saturated rings. The third-order valence-electron chi connectivity index (χ3n) is 4.16. The topological polar surface area (TPSA) is 54.5 Å². The molecule has 5 nitrogen and oxygen atoms in total. The molecule has 0 bridgehead atoms. The largest absolute Gasteiger partial charge is 0.468 e. The van der Waals surface area contributed by atoms with Gasteiger partial charge in [-0.05, 0) is 31.2 Å². The number of carbonyl (C=O) groups excluding carboxylic acids is 1. The zero-order valence-electron chi connectivity index (χ0n) is 13.2.